The topological polar surface area (TPSA) is 256 Å². The number of nitrogens with two attached hydrogens (primary N) is 1. The number of imidazole rings is 2. The number of rotatable bonds is 19. The number of aryl methyl sites for hydroxylation is 3. The van der Waals surface area contributed by atoms with Gasteiger partial charge in [0.05, 0.1) is 108 Å². The van der Waals surface area contributed by atoms with Gasteiger partial charge in [0.15, 0.2) is 0 Å². The maximum atomic E-state index is 13.6. The Bertz CT molecular complexity index is 6590. The molecule has 12 aromatic carbocycles. The largest absolute Gasteiger partial charge is 0.481 e. The Morgan fingerprint density at radius 2 is 0.593 bits per heavy atom. The lowest BCUT2D eigenvalue weighted by molar-refractivity contribution is -0.137. The number of anilines is 1. The maximum Gasteiger partial charge on any atom is 0.335 e. The van der Waals surface area contributed by atoms with E-state index in [4.69, 9.17) is 30.8 Å². The van der Waals surface area contributed by atoms with Gasteiger partial charge in [-0.3, -0.25) is 9.59 Å². The van der Waals surface area contributed by atoms with E-state index in [-0.39, 0.29) is 64.3 Å². The zero-order valence-corrected chi connectivity index (χ0v) is 65.4. The van der Waals surface area contributed by atoms with Crippen LogP contribution in [0.15, 0.2) is 304 Å². The number of aromatic carboxylic acids is 1. The molecule has 18 nitrogen and oxygen atoms in total. The van der Waals surface area contributed by atoms with Crippen molar-refractivity contribution in [1.29, 1.82) is 0 Å². The molecule has 6 aromatic heterocycles. The molecule has 0 spiro atoms. The lowest BCUT2D eigenvalue weighted by Crippen LogP contribution is -2.05. The van der Waals surface area contributed by atoms with Crippen molar-refractivity contribution in [2.24, 2.45) is 0 Å². The van der Waals surface area contributed by atoms with E-state index in [1.54, 1.807) is 146 Å². The second kappa shape index (κ2) is 38.8. The standard InChI is InChI=1S/C28H22F2N4O.C21H12F2N2O2.C21H14F2N2.C20H13F2N3.C7H10N2O2/c29-22-8-4-20(5-9-22)27-28(21-6-10-23(30)11-7-21)33-26-17-19(3-12-25(26)32-27)16-24(35)2-1-14-34-15-13-31-18-34;22-15-6-1-12(2-7-15)19-20(13-3-8-16(23)9-4-13)25-18-11-14(21(26)27)5-10-17(18)24-19;1-13-2-11-18-19(12-13)25-21(15-5-9-17(23)10-6-15)20(24-18)14-3-7-16(22)8-4-14;21-14-5-1-12(2-6-14)19-20(13-3-7-15(22)8-4-13)25-18-11-16(23)9-10-17(18)24-19;10-7(11)2-1-4-9-5-3-8-6-9/h3-13,15,17-18H,1-2,14,16H2;1-11H,(H,26,27);2-12H,1H3;1-11H,23H2;3,5-6H,1-2,4H2,(H,10,11). The monoisotopic (exact) mass is 1650 g/mol. The average Bonchev–Trinajstić information content (AvgIpc) is 1.81. The minimum Gasteiger partial charge on any atom is -0.481 e. The highest BCUT2D eigenvalue weighted by molar-refractivity contribution is 5.95. The van der Waals surface area contributed by atoms with Crippen LogP contribution in [-0.2, 0) is 29.1 Å². The molecule has 0 radical (unpaired) electrons. The fourth-order valence-electron chi connectivity index (χ4n) is 13.1. The van der Waals surface area contributed by atoms with Gasteiger partial charge in [-0.1, -0.05) is 12.1 Å². The van der Waals surface area contributed by atoms with Crippen LogP contribution in [0.25, 0.3) is 134 Å². The molecule has 18 aromatic rings. The predicted octanol–water partition coefficient (Wildman–Crippen LogP) is 22.1. The predicted molar refractivity (Wildman–Crippen MR) is 457 cm³/mol. The summed E-state index contributed by atoms with van der Waals surface area (Å²) in [5.41, 5.74) is 23.7. The zero-order chi connectivity index (χ0) is 86.0. The van der Waals surface area contributed by atoms with Crippen LogP contribution < -0.4 is 5.73 Å². The van der Waals surface area contributed by atoms with Crippen molar-refractivity contribution in [3.05, 3.63) is 368 Å². The molecule has 0 amide bonds. The number of hydrogen-bond donors (Lipinski definition) is 3. The van der Waals surface area contributed by atoms with Crippen LogP contribution in [0.3, 0.4) is 0 Å². The third-order valence-electron chi connectivity index (χ3n) is 19.3. The van der Waals surface area contributed by atoms with Gasteiger partial charge in [-0.05, 0) is 286 Å². The Morgan fingerprint density at radius 3 is 0.902 bits per heavy atom. The minimum absolute atomic E-state index is 0.0939. The van der Waals surface area contributed by atoms with Gasteiger partial charge in [0.25, 0.3) is 0 Å². The van der Waals surface area contributed by atoms with Gasteiger partial charge in [0, 0.05) is 107 Å². The summed E-state index contributed by atoms with van der Waals surface area (Å²) in [6.45, 7) is 3.47. The van der Waals surface area contributed by atoms with Crippen LogP contribution in [0.4, 0.5) is 40.8 Å². The summed E-state index contributed by atoms with van der Waals surface area (Å²) in [4.78, 5) is 79.4. The average molecular weight is 1650 g/mol. The summed E-state index contributed by atoms with van der Waals surface area (Å²) in [5, 5.41) is 17.5. The number of carbonyl (C=O) groups excluding carboxylic acids is 1. The number of ketones is 1. The number of hydrogen-bond acceptors (Lipinski definition) is 14. The van der Waals surface area contributed by atoms with E-state index >= 15 is 0 Å². The maximum absolute atomic E-state index is 13.6. The summed E-state index contributed by atoms with van der Waals surface area (Å²) < 4.78 is 111. The van der Waals surface area contributed by atoms with E-state index in [1.807, 2.05) is 64.8 Å². The number of halogens is 8. The molecular weight excluding hydrogens is 1580 g/mol. The van der Waals surface area contributed by atoms with Gasteiger partial charge in [-0.25, -0.2) is 89.8 Å². The van der Waals surface area contributed by atoms with Crippen molar-refractivity contribution in [2.45, 2.75) is 52.1 Å². The van der Waals surface area contributed by atoms with Crippen LogP contribution in [0, 0.1) is 53.5 Å². The number of fused-ring (bicyclic) bond motifs is 4. The van der Waals surface area contributed by atoms with E-state index in [0.717, 1.165) is 63.9 Å². The highest BCUT2D eigenvalue weighted by atomic mass is 19.2. The van der Waals surface area contributed by atoms with Gasteiger partial charge in [0.2, 0.25) is 0 Å². The van der Waals surface area contributed by atoms with Crippen LogP contribution in [0.1, 0.15) is 47.2 Å². The second-order valence-electron chi connectivity index (χ2n) is 28.2. The first-order valence-electron chi connectivity index (χ1n) is 38.5. The first kappa shape index (κ1) is 83.8. The van der Waals surface area contributed by atoms with Crippen molar-refractivity contribution < 1.29 is 59.7 Å². The molecule has 18 rings (SSSR count). The molecule has 0 aliphatic carbocycles. The Hall–Kier alpha value is -15.7. The molecule has 0 saturated carbocycles. The molecule has 0 aliphatic rings. The summed E-state index contributed by atoms with van der Waals surface area (Å²) in [5.74, 6) is -4.38. The van der Waals surface area contributed by atoms with E-state index in [1.165, 1.54) is 109 Å². The van der Waals surface area contributed by atoms with Crippen LogP contribution >= 0.6 is 0 Å². The number of Topliss-reactive ketones (excluding diaryl/α,β-unsaturated/α-hetero) is 1. The van der Waals surface area contributed by atoms with Crippen LogP contribution in [0.5, 0.6) is 0 Å². The SMILES string of the molecule is Cc1ccc2nc(-c3ccc(F)cc3)c(-c3ccc(F)cc3)nc2c1.Nc1ccc2nc(-c3ccc(F)cc3)c(-c3ccc(F)cc3)nc2c1.O=C(CCCn1ccnc1)Cc1ccc2nc(-c3ccc(F)cc3)c(-c3ccc(F)cc3)nc2c1.O=C(O)CCCn1ccnc1.O=C(O)c1ccc2nc(-c3ccc(F)cc3)c(-c3ccc(F)cc3)nc2c1. The molecule has 26 heteroatoms. The van der Waals surface area contributed by atoms with E-state index in [2.05, 4.69) is 29.9 Å². The minimum atomic E-state index is -1.07. The van der Waals surface area contributed by atoms with Crippen LogP contribution in [0.2, 0.25) is 0 Å². The molecule has 4 N–H and O–H groups in total. The lowest BCUT2D eigenvalue weighted by Gasteiger charge is -2.11. The molecular formula is C97H71F8N13O5. The normalized spacial score (nSPS) is 10.9. The van der Waals surface area contributed by atoms with E-state index < -0.39 is 11.9 Å². The molecule has 0 fully saturated rings. The van der Waals surface area contributed by atoms with Crippen molar-refractivity contribution in [3.63, 3.8) is 0 Å². The lowest BCUT2D eigenvalue weighted by atomic mass is 10.0. The van der Waals surface area contributed by atoms with E-state index in [9.17, 15) is 54.6 Å². The van der Waals surface area contributed by atoms with Crippen molar-refractivity contribution in [1.82, 2.24) is 59.0 Å². The summed E-state index contributed by atoms with van der Waals surface area (Å²) in [6, 6.07) is 69.2. The Kier molecular flexibility index (Phi) is 26.4. The highest BCUT2D eigenvalue weighted by Crippen LogP contribution is 2.37. The first-order valence-corrected chi connectivity index (χ1v) is 38.5. The third kappa shape index (κ3) is 21.8. The van der Waals surface area contributed by atoms with Gasteiger partial charge >= 0.3 is 11.9 Å². The highest BCUT2D eigenvalue weighted by Gasteiger charge is 2.21. The molecule has 0 atom stereocenters. The zero-order valence-electron chi connectivity index (χ0n) is 65.4. The fraction of sp³-hybridized carbons (Fsp3) is 0.0825. The number of nitrogen functional groups attached to an aromatic ring is 1. The van der Waals surface area contributed by atoms with Gasteiger partial charge in [0.1, 0.15) is 52.3 Å². The fourth-order valence-corrected chi connectivity index (χ4v) is 13.1. The molecule has 0 unspecified atom stereocenters. The quantitative estimate of drug-likeness (QED) is 0.0502. The summed E-state index contributed by atoms with van der Waals surface area (Å²) in [6.07, 6.45) is 12.9. The Labute approximate surface area is 698 Å². The number of nitrogens with zero attached hydrogens (tertiary/aromatic N) is 12. The van der Waals surface area contributed by atoms with E-state index in [0.29, 0.717) is 126 Å². The van der Waals surface area contributed by atoms with Crippen molar-refractivity contribution in [2.75, 3.05) is 5.73 Å². The van der Waals surface area contributed by atoms with Gasteiger partial charge < -0.3 is 25.1 Å². The number of carboxylic acid groups (broad SMARTS) is 2. The molecule has 0 saturated heterocycles. The number of aliphatic carboxylic acids is 1. The number of aromatic nitrogens is 12. The molecule has 6 heterocycles. The first-order chi connectivity index (χ1) is 59.5. The van der Waals surface area contributed by atoms with Crippen LogP contribution in [-0.4, -0.2) is 86.9 Å². The third-order valence-corrected chi connectivity index (χ3v) is 19.3. The van der Waals surface area contributed by atoms with Gasteiger partial charge in [-0.2, -0.15) is 0 Å². The second-order valence-corrected chi connectivity index (χ2v) is 28.2. The molecule has 0 aliphatic heterocycles. The molecule has 123 heavy (non-hydrogen) atoms. The summed E-state index contributed by atoms with van der Waals surface area (Å²) >= 11 is 0. The number of carbonyl (C=O) groups is 3. The number of benzene rings is 12. The number of carboxylic acids is 2. The Morgan fingerprint density at radius 1 is 0.317 bits per heavy atom. The van der Waals surface area contributed by atoms with Crippen molar-refractivity contribution >= 4 is 67.5 Å². The van der Waals surface area contributed by atoms with Gasteiger partial charge in [-0.15, -0.1) is 0 Å². The molecule has 0 bridgehead atoms. The van der Waals surface area contributed by atoms with Crippen molar-refractivity contribution in [3.8, 4) is 90.1 Å². The smallest absolute Gasteiger partial charge is 0.335 e. The molecule has 610 valence electrons. The summed E-state index contributed by atoms with van der Waals surface area (Å²) in [7, 11) is 0. The Balaban J connectivity index is 0.000000129.